The maximum absolute atomic E-state index is 11.1. The Kier molecular flexibility index (Phi) is 4.17. The normalized spacial score (nSPS) is 21.8. The van der Waals surface area contributed by atoms with E-state index in [9.17, 15) is 15.2 Å². The summed E-state index contributed by atoms with van der Waals surface area (Å²) in [4.78, 5) is 12.6. The first-order chi connectivity index (χ1) is 9.32. The molecule has 7 heteroatoms. The molecule has 0 radical (unpaired) electrons. The number of nitrogens with zero attached hydrogens (tertiary/aromatic N) is 2. The second kappa shape index (κ2) is 5.55. The zero-order valence-corrected chi connectivity index (χ0v) is 12.1. The third kappa shape index (κ3) is 3.20. The van der Waals surface area contributed by atoms with Gasteiger partial charge in [-0.05, 0) is 26.0 Å². The number of hydrogen-bond donors (Lipinski definition) is 1. The second-order valence-corrected chi connectivity index (χ2v) is 5.89. The van der Waals surface area contributed by atoms with Gasteiger partial charge in [0, 0.05) is 24.2 Å². The quantitative estimate of drug-likeness (QED) is 0.684. The van der Waals surface area contributed by atoms with E-state index in [2.05, 4.69) is 0 Å². The highest BCUT2D eigenvalue weighted by atomic mass is 35.5. The number of hydrogen-bond acceptors (Lipinski definition) is 5. The summed E-state index contributed by atoms with van der Waals surface area (Å²) in [6.07, 6.45) is -0.377. The van der Waals surface area contributed by atoms with Crippen molar-refractivity contribution in [1.29, 1.82) is 0 Å². The summed E-state index contributed by atoms with van der Waals surface area (Å²) < 4.78 is 5.71. The molecule has 0 amide bonds. The van der Waals surface area contributed by atoms with Gasteiger partial charge in [0.25, 0.3) is 5.69 Å². The van der Waals surface area contributed by atoms with E-state index in [-0.39, 0.29) is 18.4 Å². The Morgan fingerprint density at radius 2 is 2.30 bits per heavy atom. The summed E-state index contributed by atoms with van der Waals surface area (Å²) in [7, 11) is 0. The molecule has 0 bridgehead atoms. The molecule has 1 aliphatic heterocycles. The molecule has 0 aromatic heterocycles. The summed E-state index contributed by atoms with van der Waals surface area (Å²) >= 11 is 5.95. The Labute approximate surface area is 122 Å². The number of nitro benzene ring substituents is 1. The number of aliphatic hydroxyl groups excluding tert-OH is 1. The maximum Gasteiger partial charge on any atom is 0.292 e. The Balaban J connectivity index is 2.39. The summed E-state index contributed by atoms with van der Waals surface area (Å²) in [5, 5.41) is 20.9. The SMILES string of the molecule is CC1(C)CN(c2cc(Cl)ccc2[N+](=O)[O-])CC(CO)O1. The molecule has 1 heterocycles. The van der Waals surface area contributed by atoms with E-state index < -0.39 is 10.5 Å². The van der Waals surface area contributed by atoms with E-state index in [0.29, 0.717) is 23.8 Å². The van der Waals surface area contributed by atoms with Crippen molar-refractivity contribution in [2.24, 2.45) is 0 Å². The van der Waals surface area contributed by atoms with Crippen LogP contribution in [-0.2, 0) is 4.74 Å². The molecule has 2 rings (SSSR count). The smallest absolute Gasteiger partial charge is 0.292 e. The van der Waals surface area contributed by atoms with Gasteiger partial charge in [0.05, 0.1) is 23.2 Å². The van der Waals surface area contributed by atoms with Gasteiger partial charge in [0.1, 0.15) is 5.69 Å². The molecular formula is C13H17ClN2O4. The predicted octanol–water partition coefficient (Wildman–Crippen LogP) is 2.22. The van der Waals surface area contributed by atoms with Crippen LogP contribution in [0.15, 0.2) is 18.2 Å². The number of anilines is 1. The Hall–Kier alpha value is -1.37. The molecule has 1 aromatic carbocycles. The van der Waals surface area contributed by atoms with Crippen LogP contribution in [0, 0.1) is 10.1 Å². The van der Waals surface area contributed by atoms with Crippen molar-refractivity contribution in [2.45, 2.75) is 25.6 Å². The largest absolute Gasteiger partial charge is 0.394 e. The van der Waals surface area contributed by atoms with Crippen molar-refractivity contribution in [3.8, 4) is 0 Å². The lowest BCUT2D eigenvalue weighted by Crippen LogP contribution is -2.54. The number of aliphatic hydroxyl groups is 1. The van der Waals surface area contributed by atoms with E-state index in [0.717, 1.165) is 0 Å². The first-order valence-corrected chi connectivity index (χ1v) is 6.68. The predicted molar refractivity (Wildman–Crippen MR) is 76.4 cm³/mol. The fraction of sp³-hybridized carbons (Fsp3) is 0.538. The van der Waals surface area contributed by atoms with Crippen molar-refractivity contribution < 1.29 is 14.8 Å². The maximum atomic E-state index is 11.1. The highest BCUT2D eigenvalue weighted by Crippen LogP contribution is 2.34. The lowest BCUT2D eigenvalue weighted by atomic mass is 10.0. The molecule has 0 spiro atoms. The minimum absolute atomic E-state index is 0.00351. The molecule has 110 valence electrons. The number of nitro groups is 1. The minimum Gasteiger partial charge on any atom is -0.394 e. The monoisotopic (exact) mass is 300 g/mol. The van der Waals surface area contributed by atoms with Gasteiger partial charge in [0.2, 0.25) is 0 Å². The molecule has 0 saturated carbocycles. The summed E-state index contributed by atoms with van der Waals surface area (Å²) in [5.74, 6) is 0. The number of ether oxygens (including phenoxy) is 1. The number of morpholine rings is 1. The van der Waals surface area contributed by atoms with Crippen LogP contribution >= 0.6 is 11.6 Å². The molecule has 1 atom stereocenters. The van der Waals surface area contributed by atoms with Crippen LogP contribution in [0.1, 0.15) is 13.8 Å². The molecule has 1 aromatic rings. The third-order valence-electron chi connectivity index (χ3n) is 3.16. The fourth-order valence-corrected chi connectivity index (χ4v) is 2.64. The van der Waals surface area contributed by atoms with Crippen LogP contribution in [0.4, 0.5) is 11.4 Å². The van der Waals surface area contributed by atoms with Crippen molar-refractivity contribution >= 4 is 23.0 Å². The summed E-state index contributed by atoms with van der Waals surface area (Å²) in [5.41, 5.74) is -0.0388. The van der Waals surface area contributed by atoms with Crippen molar-refractivity contribution in [3.63, 3.8) is 0 Å². The summed E-state index contributed by atoms with van der Waals surface area (Å²) in [6.45, 7) is 4.52. The van der Waals surface area contributed by atoms with Crippen molar-refractivity contribution in [2.75, 3.05) is 24.6 Å². The molecule has 1 fully saturated rings. The fourth-order valence-electron chi connectivity index (χ4n) is 2.48. The zero-order valence-electron chi connectivity index (χ0n) is 11.4. The van der Waals surface area contributed by atoms with E-state index in [4.69, 9.17) is 16.3 Å². The second-order valence-electron chi connectivity index (χ2n) is 5.45. The van der Waals surface area contributed by atoms with Gasteiger partial charge < -0.3 is 14.7 Å². The standard InChI is InChI=1S/C13H17ClN2O4/c1-13(2)8-15(6-10(7-17)20-13)12-5-9(14)3-4-11(12)16(18)19/h3-5,10,17H,6-8H2,1-2H3. The molecule has 0 aliphatic carbocycles. The van der Waals surface area contributed by atoms with Gasteiger partial charge >= 0.3 is 0 Å². The number of benzene rings is 1. The van der Waals surface area contributed by atoms with Gasteiger partial charge in [-0.1, -0.05) is 11.6 Å². The first kappa shape index (κ1) is 15.0. The van der Waals surface area contributed by atoms with Crippen molar-refractivity contribution in [1.82, 2.24) is 0 Å². The van der Waals surface area contributed by atoms with Gasteiger partial charge in [-0.15, -0.1) is 0 Å². The van der Waals surface area contributed by atoms with Gasteiger partial charge in [0.15, 0.2) is 0 Å². The molecule has 1 N–H and O–H groups in total. The van der Waals surface area contributed by atoms with Gasteiger partial charge in [-0.3, -0.25) is 10.1 Å². The van der Waals surface area contributed by atoms with Gasteiger partial charge in [-0.25, -0.2) is 0 Å². The van der Waals surface area contributed by atoms with Crippen LogP contribution < -0.4 is 4.90 Å². The van der Waals surface area contributed by atoms with E-state index in [1.807, 2.05) is 18.7 Å². The van der Waals surface area contributed by atoms with E-state index in [1.165, 1.54) is 12.1 Å². The minimum atomic E-state index is -0.498. The number of halogens is 1. The third-order valence-corrected chi connectivity index (χ3v) is 3.39. The molecular weight excluding hydrogens is 284 g/mol. The van der Waals surface area contributed by atoms with Crippen LogP contribution in [0.2, 0.25) is 5.02 Å². The summed E-state index contributed by atoms with van der Waals surface area (Å²) in [6, 6.07) is 4.47. The number of rotatable bonds is 3. The average molecular weight is 301 g/mol. The topological polar surface area (TPSA) is 75.8 Å². The van der Waals surface area contributed by atoms with Crippen molar-refractivity contribution in [3.05, 3.63) is 33.3 Å². The van der Waals surface area contributed by atoms with Crippen LogP contribution in [0.3, 0.4) is 0 Å². The molecule has 20 heavy (non-hydrogen) atoms. The van der Waals surface area contributed by atoms with Crippen LogP contribution in [0.25, 0.3) is 0 Å². The lowest BCUT2D eigenvalue weighted by Gasteiger charge is -2.43. The first-order valence-electron chi connectivity index (χ1n) is 6.30. The molecule has 1 saturated heterocycles. The molecule has 1 unspecified atom stereocenters. The zero-order chi connectivity index (χ0) is 14.9. The Morgan fingerprint density at radius 3 is 2.90 bits per heavy atom. The van der Waals surface area contributed by atoms with E-state index in [1.54, 1.807) is 6.07 Å². The highest BCUT2D eigenvalue weighted by molar-refractivity contribution is 6.31. The van der Waals surface area contributed by atoms with Gasteiger partial charge in [-0.2, -0.15) is 0 Å². The van der Waals surface area contributed by atoms with E-state index >= 15 is 0 Å². The average Bonchev–Trinajstić information content (AvgIpc) is 2.36. The Morgan fingerprint density at radius 1 is 1.60 bits per heavy atom. The Bertz CT molecular complexity index is 521. The lowest BCUT2D eigenvalue weighted by molar-refractivity contribution is -0.384. The van der Waals surface area contributed by atoms with Crippen LogP contribution in [0.5, 0.6) is 0 Å². The molecule has 6 nitrogen and oxygen atoms in total. The molecule has 1 aliphatic rings. The van der Waals surface area contributed by atoms with Crippen LogP contribution in [-0.4, -0.2) is 41.4 Å². The highest BCUT2D eigenvalue weighted by Gasteiger charge is 2.35.